The van der Waals surface area contributed by atoms with Gasteiger partial charge in [0, 0.05) is 19.3 Å². The number of aliphatic imine (C=N–C) groups is 1. The molecule has 1 aromatic carbocycles. The van der Waals surface area contributed by atoms with Gasteiger partial charge in [-0.05, 0) is 56.1 Å². The van der Waals surface area contributed by atoms with E-state index in [1.54, 1.807) is 9.80 Å². The predicted octanol–water partition coefficient (Wildman–Crippen LogP) is 3.66. The molecule has 1 saturated carbocycles. The fourth-order valence-corrected chi connectivity index (χ4v) is 6.09. The third kappa shape index (κ3) is 2.96. The average molecular weight is 435 g/mol. The van der Waals surface area contributed by atoms with Crippen LogP contribution in [0.15, 0.2) is 29.3 Å². The Kier molecular flexibility index (Phi) is 4.31. The second kappa shape index (κ2) is 6.57. The molecular formula is C25H30N4O3. The minimum absolute atomic E-state index is 0.000192. The summed E-state index contributed by atoms with van der Waals surface area (Å²) in [6, 6.07) is 9.11. The number of amides is 2. The highest BCUT2D eigenvalue weighted by Crippen LogP contribution is 2.65. The molecule has 4 aliphatic rings. The zero-order valence-electron chi connectivity index (χ0n) is 19.3. The van der Waals surface area contributed by atoms with Crippen molar-refractivity contribution in [2.75, 3.05) is 13.1 Å². The van der Waals surface area contributed by atoms with E-state index in [4.69, 9.17) is 4.74 Å². The van der Waals surface area contributed by atoms with Crippen molar-refractivity contribution >= 4 is 23.9 Å². The van der Waals surface area contributed by atoms with E-state index >= 15 is 0 Å². The summed E-state index contributed by atoms with van der Waals surface area (Å²) in [4.78, 5) is 34.8. The second-order valence-electron chi connectivity index (χ2n) is 11.3. The van der Waals surface area contributed by atoms with Crippen molar-refractivity contribution in [1.29, 1.82) is 5.26 Å². The molecular weight excluding hydrogens is 404 g/mol. The van der Waals surface area contributed by atoms with Gasteiger partial charge in [-0.15, -0.1) is 0 Å². The Morgan fingerprint density at radius 2 is 1.94 bits per heavy atom. The Hall–Kier alpha value is -2.88. The zero-order valence-corrected chi connectivity index (χ0v) is 19.3. The molecule has 0 N–H and O–H groups in total. The van der Waals surface area contributed by atoms with Crippen molar-refractivity contribution < 1.29 is 14.3 Å². The van der Waals surface area contributed by atoms with Crippen molar-refractivity contribution in [3.8, 4) is 6.07 Å². The van der Waals surface area contributed by atoms with E-state index in [0.717, 1.165) is 11.3 Å². The number of ether oxygens (including phenoxy) is 1. The lowest BCUT2D eigenvalue weighted by Crippen LogP contribution is -2.53. The molecule has 2 saturated heterocycles. The first-order valence-corrected chi connectivity index (χ1v) is 11.3. The van der Waals surface area contributed by atoms with Gasteiger partial charge in [-0.25, -0.2) is 4.79 Å². The highest BCUT2D eigenvalue weighted by molar-refractivity contribution is 5.92. The summed E-state index contributed by atoms with van der Waals surface area (Å²) in [6.07, 6.45) is 1.97. The van der Waals surface area contributed by atoms with Gasteiger partial charge in [-0.1, -0.05) is 32.0 Å². The van der Waals surface area contributed by atoms with Gasteiger partial charge in [0.2, 0.25) is 5.91 Å². The molecule has 0 radical (unpaired) electrons. The molecule has 1 aromatic rings. The fraction of sp³-hybridized carbons (Fsp3) is 0.600. The number of likely N-dealkylation sites (tertiary alicyclic amines) is 2. The largest absolute Gasteiger partial charge is 0.444 e. The van der Waals surface area contributed by atoms with E-state index in [1.807, 2.05) is 51.3 Å². The standard InChI is InChI=1S/C25H30N4O3/c1-23(2,3)32-22(31)28-12-17-19(24(17,4)5)20(28)21(30)29-14-25(10-15(29)11-26)13-27-18-9-7-6-8-16(18)25/h6-9,13,15,17,19-20H,10,12,14H2,1-5H3/t15-,17-,19-,20-,25+/m0/s1. The summed E-state index contributed by atoms with van der Waals surface area (Å²) >= 11 is 0. The number of nitrogens with zero attached hydrogens (tertiary/aromatic N) is 4. The van der Waals surface area contributed by atoms with Gasteiger partial charge in [0.15, 0.2) is 0 Å². The van der Waals surface area contributed by atoms with Crippen LogP contribution in [-0.2, 0) is 14.9 Å². The number of benzene rings is 1. The van der Waals surface area contributed by atoms with Crippen LogP contribution in [0.1, 0.15) is 46.6 Å². The summed E-state index contributed by atoms with van der Waals surface area (Å²) in [5.74, 6) is 0.216. The second-order valence-corrected chi connectivity index (χ2v) is 11.3. The van der Waals surface area contributed by atoms with Crippen molar-refractivity contribution in [2.24, 2.45) is 22.2 Å². The van der Waals surface area contributed by atoms with Gasteiger partial charge < -0.3 is 9.64 Å². The van der Waals surface area contributed by atoms with E-state index in [2.05, 4.69) is 24.9 Å². The molecule has 3 aliphatic heterocycles. The van der Waals surface area contributed by atoms with Crippen molar-refractivity contribution in [3.05, 3.63) is 29.8 Å². The molecule has 5 atom stereocenters. The van der Waals surface area contributed by atoms with Crippen LogP contribution in [0.5, 0.6) is 0 Å². The van der Waals surface area contributed by atoms with Crippen molar-refractivity contribution in [1.82, 2.24) is 9.80 Å². The third-order valence-electron chi connectivity index (χ3n) is 7.80. The molecule has 1 spiro atoms. The lowest BCUT2D eigenvalue weighted by atomic mass is 9.81. The number of fused-ring (bicyclic) bond motifs is 3. The Morgan fingerprint density at radius 1 is 1.22 bits per heavy atom. The molecule has 7 heteroatoms. The van der Waals surface area contributed by atoms with Gasteiger partial charge in [0.25, 0.3) is 0 Å². The Labute approximate surface area is 189 Å². The molecule has 7 nitrogen and oxygen atoms in total. The molecule has 1 aliphatic carbocycles. The lowest BCUT2D eigenvalue weighted by molar-refractivity contribution is -0.137. The van der Waals surface area contributed by atoms with Crippen LogP contribution in [0.25, 0.3) is 0 Å². The number of carbonyl (C=O) groups is 2. The minimum Gasteiger partial charge on any atom is -0.444 e. The Morgan fingerprint density at radius 3 is 2.62 bits per heavy atom. The number of hydrogen-bond donors (Lipinski definition) is 0. The number of rotatable bonds is 1. The molecule has 3 fully saturated rings. The number of para-hydroxylation sites is 1. The maximum Gasteiger partial charge on any atom is 0.410 e. The number of nitriles is 1. The maximum atomic E-state index is 14.0. The van der Waals surface area contributed by atoms with Gasteiger partial charge in [0.1, 0.15) is 17.7 Å². The monoisotopic (exact) mass is 434 g/mol. The molecule has 0 unspecified atom stereocenters. The van der Waals surface area contributed by atoms with Gasteiger partial charge in [-0.3, -0.25) is 14.7 Å². The summed E-state index contributed by atoms with van der Waals surface area (Å²) in [5, 5.41) is 9.93. The minimum atomic E-state index is -0.635. The van der Waals surface area contributed by atoms with Crippen LogP contribution in [0, 0.1) is 28.6 Å². The number of hydrogen-bond acceptors (Lipinski definition) is 5. The summed E-state index contributed by atoms with van der Waals surface area (Å²) in [7, 11) is 0. The average Bonchev–Trinajstić information content (AvgIpc) is 3.19. The van der Waals surface area contributed by atoms with E-state index in [9.17, 15) is 14.9 Å². The smallest absolute Gasteiger partial charge is 0.410 e. The number of carbonyl (C=O) groups excluding carboxylic acids is 2. The molecule has 5 rings (SSSR count). The van der Waals surface area contributed by atoms with Crippen molar-refractivity contribution in [3.63, 3.8) is 0 Å². The zero-order chi connectivity index (χ0) is 23.1. The van der Waals surface area contributed by atoms with E-state index in [1.165, 1.54) is 0 Å². The van der Waals surface area contributed by atoms with Crippen LogP contribution in [0.3, 0.4) is 0 Å². The topological polar surface area (TPSA) is 86.0 Å². The van der Waals surface area contributed by atoms with Gasteiger partial charge in [0.05, 0.1) is 17.2 Å². The summed E-state index contributed by atoms with van der Waals surface area (Å²) in [6.45, 7) is 10.7. The van der Waals surface area contributed by atoms with Crippen LogP contribution in [0.2, 0.25) is 0 Å². The van der Waals surface area contributed by atoms with Crippen LogP contribution in [-0.4, -0.2) is 58.8 Å². The first kappa shape index (κ1) is 21.0. The molecule has 168 valence electrons. The van der Waals surface area contributed by atoms with Crippen LogP contribution in [0.4, 0.5) is 10.5 Å². The van der Waals surface area contributed by atoms with E-state index < -0.39 is 29.2 Å². The predicted molar refractivity (Wildman–Crippen MR) is 119 cm³/mol. The summed E-state index contributed by atoms with van der Waals surface area (Å²) in [5.41, 5.74) is 0.887. The molecule has 2 amide bonds. The number of piperidine rings is 1. The molecule has 0 aromatic heterocycles. The first-order valence-electron chi connectivity index (χ1n) is 11.3. The molecule has 0 bridgehead atoms. The van der Waals surface area contributed by atoms with Gasteiger partial charge >= 0.3 is 6.09 Å². The normalized spacial score (nSPS) is 33.8. The molecule has 3 heterocycles. The van der Waals surface area contributed by atoms with Crippen LogP contribution < -0.4 is 0 Å². The highest BCUT2D eigenvalue weighted by Gasteiger charge is 2.70. The van der Waals surface area contributed by atoms with Gasteiger partial charge in [-0.2, -0.15) is 5.26 Å². The Bertz CT molecular complexity index is 1070. The maximum absolute atomic E-state index is 14.0. The fourth-order valence-electron chi connectivity index (χ4n) is 6.09. The quantitative estimate of drug-likeness (QED) is 0.675. The lowest BCUT2D eigenvalue weighted by Gasteiger charge is -2.34. The Balaban J connectivity index is 1.45. The summed E-state index contributed by atoms with van der Waals surface area (Å²) < 4.78 is 5.62. The highest BCUT2D eigenvalue weighted by atomic mass is 16.6. The SMILES string of the molecule is CC(C)(C)OC(=O)N1C[C@H]2[C@@H]([C@H]1C(=O)N1C[C@]3(C=Nc4ccccc43)C[C@H]1C#N)C2(C)C. The van der Waals surface area contributed by atoms with Crippen molar-refractivity contribution in [2.45, 2.75) is 64.1 Å². The van der Waals surface area contributed by atoms with E-state index in [0.29, 0.717) is 19.5 Å². The van der Waals surface area contributed by atoms with Crippen LogP contribution >= 0.6 is 0 Å². The molecule has 32 heavy (non-hydrogen) atoms. The third-order valence-corrected chi connectivity index (χ3v) is 7.80. The van der Waals surface area contributed by atoms with E-state index in [-0.39, 0.29) is 23.2 Å². The first-order chi connectivity index (χ1) is 15.0.